The normalized spacial score (nSPS) is 18.2. The van der Waals surface area contributed by atoms with E-state index in [1.54, 1.807) is 0 Å². The first-order valence-electron chi connectivity index (χ1n) is 17.4. The van der Waals surface area contributed by atoms with E-state index in [1.807, 2.05) is 28.7 Å². The maximum Gasteiger partial charge on any atom is 0.143 e. The molecule has 1 aliphatic rings. The fraction of sp³-hybridized carbons (Fsp3) is 0.0667. The van der Waals surface area contributed by atoms with E-state index in [0.29, 0.717) is 0 Å². The molecule has 0 aliphatic carbocycles. The minimum Gasteiger partial charge on any atom is -0.455 e. The van der Waals surface area contributed by atoms with E-state index in [9.17, 15) is 0 Å². The Kier molecular flexibility index (Phi) is 6.69. The third-order valence-electron chi connectivity index (χ3n) is 10.4. The van der Waals surface area contributed by atoms with Crippen molar-refractivity contribution in [1.29, 1.82) is 0 Å². The van der Waals surface area contributed by atoms with E-state index in [-0.39, 0.29) is 18.5 Å². The molecule has 3 atom stereocenters. The predicted octanol–water partition coefficient (Wildman–Crippen LogP) is 12.2. The van der Waals surface area contributed by atoms with Gasteiger partial charge in [-0.15, -0.1) is 22.7 Å². The molecule has 51 heavy (non-hydrogen) atoms. The average Bonchev–Trinajstić information content (AvgIpc) is 3.89. The molecular weight excluding hydrogens is 663 g/mol. The lowest BCUT2D eigenvalue weighted by atomic mass is 9.99. The highest BCUT2D eigenvalue weighted by Crippen LogP contribution is 2.46. The number of hydrogen-bond acceptors (Lipinski definition) is 6. The Labute approximate surface area is 302 Å². The van der Waals surface area contributed by atoms with Gasteiger partial charge in [0, 0.05) is 73.4 Å². The summed E-state index contributed by atoms with van der Waals surface area (Å²) in [5, 5.41) is 19.4. The quantitative estimate of drug-likeness (QED) is 0.172. The molecule has 3 aromatic heterocycles. The van der Waals surface area contributed by atoms with Gasteiger partial charge in [0.15, 0.2) is 0 Å². The summed E-state index contributed by atoms with van der Waals surface area (Å²) < 4.78 is 11.7. The van der Waals surface area contributed by atoms with E-state index in [1.165, 1.54) is 62.6 Å². The van der Waals surface area contributed by atoms with E-state index in [4.69, 9.17) is 4.42 Å². The van der Waals surface area contributed by atoms with Gasteiger partial charge < -0.3 is 4.42 Å². The van der Waals surface area contributed by atoms with Crippen molar-refractivity contribution in [3.8, 4) is 11.1 Å². The molecule has 3 unspecified atom stereocenters. The van der Waals surface area contributed by atoms with Crippen LogP contribution in [0.25, 0.3) is 73.4 Å². The molecule has 6 heteroatoms. The summed E-state index contributed by atoms with van der Waals surface area (Å²) in [4.78, 5) is 0. The van der Waals surface area contributed by atoms with Crippen molar-refractivity contribution in [2.24, 2.45) is 0 Å². The Hall–Kier alpha value is -5.34. The summed E-state index contributed by atoms with van der Waals surface area (Å²) in [7, 11) is 0. The number of hydrogen-bond donors (Lipinski definition) is 3. The van der Waals surface area contributed by atoms with Gasteiger partial charge in [-0.2, -0.15) is 0 Å². The number of benzene rings is 7. The summed E-state index contributed by atoms with van der Waals surface area (Å²) in [6.45, 7) is 0. The summed E-state index contributed by atoms with van der Waals surface area (Å²) in [6, 6.07) is 54.5. The Bertz CT molecular complexity index is 2940. The Morgan fingerprint density at radius 1 is 0.392 bits per heavy atom. The van der Waals surface area contributed by atoms with Crippen molar-refractivity contribution in [2.75, 3.05) is 0 Å². The summed E-state index contributed by atoms with van der Waals surface area (Å²) in [5.74, 6) is 0. The second kappa shape index (κ2) is 11.6. The number of furan rings is 1. The van der Waals surface area contributed by atoms with Crippen molar-refractivity contribution in [2.45, 2.75) is 18.5 Å². The van der Waals surface area contributed by atoms with Gasteiger partial charge >= 0.3 is 0 Å². The van der Waals surface area contributed by atoms with Crippen LogP contribution in [0.1, 0.15) is 35.2 Å². The molecule has 244 valence electrons. The van der Waals surface area contributed by atoms with Crippen LogP contribution in [-0.4, -0.2) is 0 Å². The minimum atomic E-state index is -0.106. The molecule has 4 nitrogen and oxygen atoms in total. The maximum atomic E-state index is 6.52. The first-order chi connectivity index (χ1) is 25.3. The van der Waals surface area contributed by atoms with E-state index in [0.717, 1.165) is 27.5 Å². The Morgan fingerprint density at radius 3 is 1.73 bits per heavy atom. The third kappa shape index (κ3) is 4.62. The molecule has 1 fully saturated rings. The molecule has 11 rings (SSSR count). The third-order valence-corrected chi connectivity index (χ3v) is 13.0. The lowest BCUT2D eigenvalue weighted by Crippen LogP contribution is -2.54. The largest absolute Gasteiger partial charge is 0.455 e. The van der Waals surface area contributed by atoms with Gasteiger partial charge in [0.1, 0.15) is 11.2 Å². The molecule has 1 saturated heterocycles. The van der Waals surface area contributed by atoms with E-state index < -0.39 is 0 Å². The maximum absolute atomic E-state index is 6.52. The summed E-state index contributed by atoms with van der Waals surface area (Å²) in [5.41, 5.74) is 7.91. The van der Waals surface area contributed by atoms with Crippen molar-refractivity contribution < 1.29 is 4.42 Å². The van der Waals surface area contributed by atoms with Crippen molar-refractivity contribution in [3.05, 3.63) is 168 Å². The molecule has 7 aromatic carbocycles. The zero-order valence-electron chi connectivity index (χ0n) is 27.4. The smallest absolute Gasteiger partial charge is 0.143 e. The SMILES string of the molecule is c1ccc(C2NC(c3cccc4c3sc3ccccc34)NC(c3cccc4c3sc3c(-c5cccc6c5oc5ccccc56)cccc34)N2)cc1. The molecule has 1 aliphatic heterocycles. The highest BCUT2D eigenvalue weighted by Gasteiger charge is 2.32. The van der Waals surface area contributed by atoms with Crippen LogP contribution in [-0.2, 0) is 0 Å². The lowest BCUT2D eigenvalue weighted by molar-refractivity contribution is 0.205. The zero-order valence-corrected chi connectivity index (χ0v) is 29.0. The first-order valence-corrected chi connectivity index (χ1v) is 19.0. The van der Waals surface area contributed by atoms with Crippen LogP contribution in [0.2, 0.25) is 0 Å². The monoisotopic (exact) mass is 693 g/mol. The fourth-order valence-corrected chi connectivity index (χ4v) is 10.7. The molecule has 4 heterocycles. The molecule has 3 N–H and O–H groups in total. The Morgan fingerprint density at radius 2 is 0.941 bits per heavy atom. The van der Waals surface area contributed by atoms with Crippen LogP contribution >= 0.6 is 22.7 Å². The average molecular weight is 694 g/mol. The summed E-state index contributed by atoms with van der Waals surface area (Å²) in [6.07, 6.45) is -0.243. The van der Waals surface area contributed by atoms with Gasteiger partial charge in [-0.25, -0.2) is 0 Å². The van der Waals surface area contributed by atoms with Crippen LogP contribution in [0.15, 0.2) is 156 Å². The Balaban J connectivity index is 1.07. The number of para-hydroxylation sites is 2. The second-order valence-corrected chi connectivity index (χ2v) is 15.4. The highest BCUT2D eigenvalue weighted by molar-refractivity contribution is 7.26. The van der Waals surface area contributed by atoms with Crippen molar-refractivity contribution in [3.63, 3.8) is 0 Å². The molecular formula is C45H31N3OS2. The van der Waals surface area contributed by atoms with Gasteiger partial charge in [-0.05, 0) is 17.7 Å². The molecule has 0 amide bonds. The number of nitrogens with one attached hydrogen (secondary N) is 3. The van der Waals surface area contributed by atoms with Crippen LogP contribution in [0, 0.1) is 0 Å². The molecule has 0 radical (unpaired) electrons. The predicted molar refractivity (Wildman–Crippen MR) is 215 cm³/mol. The van der Waals surface area contributed by atoms with Gasteiger partial charge in [-0.1, -0.05) is 140 Å². The number of rotatable bonds is 4. The van der Waals surface area contributed by atoms with Crippen molar-refractivity contribution in [1.82, 2.24) is 16.0 Å². The zero-order chi connectivity index (χ0) is 33.5. The molecule has 10 aromatic rings. The van der Waals surface area contributed by atoms with Gasteiger partial charge in [-0.3, -0.25) is 16.0 Å². The van der Waals surface area contributed by atoms with Gasteiger partial charge in [0.05, 0.1) is 18.5 Å². The van der Waals surface area contributed by atoms with E-state index >= 15 is 0 Å². The van der Waals surface area contributed by atoms with E-state index in [2.05, 4.69) is 162 Å². The topological polar surface area (TPSA) is 49.2 Å². The van der Waals surface area contributed by atoms with Gasteiger partial charge in [0.2, 0.25) is 0 Å². The summed E-state index contributed by atoms with van der Waals surface area (Å²) >= 11 is 3.76. The molecule has 0 bridgehead atoms. The van der Waals surface area contributed by atoms with Crippen LogP contribution in [0.4, 0.5) is 0 Å². The van der Waals surface area contributed by atoms with Crippen LogP contribution < -0.4 is 16.0 Å². The van der Waals surface area contributed by atoms with Crippen LogP contribution in [0.5, 0.6) is 0 Å². The van der Waals surface area contributed by atoms with Crippen molar-refractivity contribution >= 4 is 85.0 Å². The fourth-order valence-electron chi connectivity index (χ4n) is 8.08. The van der Waals surface area contributed by atoms with Gasteiger partial charge in [0.25, 0.3) is 0 Å². The molecule has 0 saturated carbocycles. The highest BCUT2D eigenvalue weighted by atomic mass is 32.1. The lowest BCUT2D eigenvalue weighted by Gasteiger charge is -2.40. The van der Waals surface area contributed by atoms with Crippen LogP contribution in [0.3, 0.4) is 0 Å². The molecule has 0 spiro atoms. The minimum absolute atomic E-state index is 0.0574. The number of fused-ring (bicyclic) bond motifs is 9. The number of thiophene rings is 2. The second-order valence-electron chi connectivity index (χ2n) is 13.3. The standard InChI is InChI=1S/C45H31N3OS2/c1-2-12-26(13-3-1)43-46-44(35-22-10-18-31-28-15-5-7-25-38(28)50-41(31)35)48-45(47-43)36-23-11-21-34-33-20-9-19-32(40(33)51-42(34)36)30-17-8-16-29-27-14-4-6-24-37(27)49-39(29)30/h1-25,43-48H. The first kappa shape index (κ1) is 29.4.